The van der Waals surface area contributed by atoms with Crippen LogP contribution >= 0.6 is 11.6 Å². The van der Waals surface area contributed by atoms with Crippen LogP contribution in [-0.4, -0.2) is 23.5 Å². The summed E-state index contributed by atoms with van der Waals surface area (Å²) in [7, 11) is 0. The number of hydrogen-bond acceptors (Lipinski definition) is 4. The van der Waals surface area contributed by atoms with Crippen LogP contribution in [0.1, 0.15) is 27.6 Å². The van der Waals surface area contributed by atoms with Gasteiger partial charge in [-0.3, -0.25) is 9.78 Å². The van der Waals surface area contributed by atoms with Crippen LogP contribution in [0.25, 0.3) is 0 Å². The minimum atomic E-state index is -0.540. The quantitative estimate of drug-likeness (QED) is 0.881. The highest BCUT2D eigenvalue weighted by Gasteiger charge is 2.16. The van der Waals surface area contributed by atoms with Crippen molar-refractivity contribution >= 4 is 29.2 Å². The first-order valence-corrected chi connectivity index (χ1v) is 6.67. The van der Waals surface area contributed by atoms with Gasteiger partial charge in [-0.25, -0.2) is 4.79 Å². The van der Waals surface area contributed by atoms with Gasteiger partial charge in [0.15, 0.2) is 0 Å². The summed E-state index contributed by atoms with van der Waals surface area (Å²) in [6.45, 7) is 1.94. The molecule has 0 aliphatic heterocycles. The van der Waals surface area contributed by atoms with Crippen LogP contribution < -0.4 is 5.32 Å². The summed E-state index contributed by atoms with van der Waals surface area (Å²) in [6, 6.07) is 7.88. The lowest BCUT2D eigenvalue weighted by atomic mass is 10.1. The van der Waals surface area contributed by atoms with Crippen molar-refractivity contribution in [3.63, 3.8) is 0 Å². The average molecular weight is 305 g/mol. The molecule has 2 aromatic rings. The van der Waals surface area contributed by atoms with Crippen LogP contribution in [-0.2, 0) is 4.74 Å². The van der Waals surface area contributed by atoms with Gasteiger partial charge >= 0.3 is 5.97 Å². The minimum Gasteiger partial charge on any atom is -0.462 e. The van der Waals surface area contributed by atoms with Crippen LogP contribution in [0.4, 0.5) is 5.69 Å². The lowest BCUT2D eigenvalue weighted by molar-refractivity contribution is 0.0527. The zero-order valence-corrected chi connectivity index (χ0v) is 12.1. The molecule has 0 bridgehead atoms. The van der Waals surface area contributed by atoms with Crippen molar-refractivity contribution in [2.75, 3.05) is 11.9 Å². The highest BCUT2D eigenvalue weighted by Crippen LogP contribution is 2.22. The maximum atomic E-state index is 12.1. The number of ether oxygens (including phenoxy) is 1. The zero-order chi connectivity index (χ0) is 15.2. The Morgan fingerprint density at radius 2 is 2.14 bits per heavy atom. The van der Waals surface area contributed by atoms with Crippen molar-refractivity contribution in [1.29, 1.82) is 0 Å². The molecule has 0 unspecified atom stereocenters. The Labute approximate surface area is 126 Å². The molecule has 0 saturated carbocycles. The smallest absolute Gasteiger partial charge is 0.340 e. The summed E-state index contributed by atoms with van der Waals surface area (Å²) in [4.78, 5) is 27.9. The number of nitrogens with one attached hydrogen (secondary N) is 1. The minimum absolute atomic E-state index is 0.210. The van der Waals surface area contributed by atoms with Crippen molar-refractivity contribution < 1.29 is 14.3 Å². The van der Waals surface area contributed by atoms with Gasteiger partial charge < -0.3 is 10.1 Å². The molecule has 0 aliphatic carbocycles. The van der Waals surface area contributed by atoms with Crippen LogP contribution in [0.2, 0.25) is 5.02 Å². The zero-order valence-electron chi connectivity index (χ0n) is 11.3. The number of nitrogens with zero attached hydrogens (tertiary/aromatic N) is 1. The summed E-state index contributed by atoms with van der Waals surface area (Å²) in [6.07, 6.45) is 3.01. The Bertz CT molecular complexity index is 659. The third-order valence-electron chi connectivity index (χ3n) is 2.65. The third kappa shape index (κ3) is 3.79. The van der Waals surface area contributed by atoms with E-state index in [2.05, 4.69) is 10.3 Å². The first kappa shape index (κ1) is 15.0. The number of halogens is 1. The van der Waals surface area contributed by atoms with E-state index in [4.69, 9.17) is 16.3 Å². The van der Waals surface area contributed by atoms with Gasteiger partial charge in [-0.15, -0.1) is 0 Å². The van der Waals surface area contributed by atoms with Crippen LogP contribution in [0.5, 0.6) is 0 Å². The van der Waals surface area contributed by atoms with Crippen molar-refractivity contribution in [2.45, 2.75) is 6.92 Å². The summed E-state index contributed by atoms with van der Waals surface area (Å²) < 4.78 is 4.95. The largest absolute Gasteiger partial charge is 0.462 e. The molecule has 0 aliphatic rings. The second-order valence-electron chi connectivity index (χ2n) is 4.11. The number of aromatic nitrogens is 1. The first-order valence-electron chi connectivity index (χ1n) is 6.30. The predicted octanol–water partition coefficient (Wildman–Crippen LogP) is 3.16. The molecule has 108 valence electrons. The van der Waals surface area contributed by atoms with Crippen molar-refractivity contribution in [3.05, 3.63) is 58.9 Å². The number of carbonyl (C=O) groups excluding carboxylic acids is 2. The maximum Gasteiger partial charge on any atom is 0.340 e. The molecule has 5 nitrogen and oxygen atoms in total. The molecular weight excluding hydrogens is 292 g/mol. The lowest BCUT2D eigenvalue weighted by Crippen LogP contribution is -2.16. The number of carbonyl (C=O) groups is 2. The monoisotopic (exact) mass is 304 g/mol. The van der Waals surface area contributed by atoms with E-state index in [0.29, 0.717) is 16.3 Å². The van der Waals surface area contributed by atoms with E-state index in [1.54, 1.807) is 37.4 Å². The Morgan fingerprint density at radius 1 is 1.33 bits per heavy atom. The van der Waals surface area contributed by atoms with E-state index in [9.17, 15) is 9.59 Å². The van der Waals surface area contributed by atoms with Crippen LogP contribution in [0.15, 0.2) is 42.7 Å². The molecular formula is C15H13ClN2O3. The van der Waals surface area contributed by atoms with Gasteiger partial charge in [0, 0.05) is 17.4 Å². The Hall–Kier alpha value is -2.40. The van der Waals surface area contributed by atoms with Crippen molar-refractivity contribution in [1.82, 2.24) is 4.98 Å². The number of rotatable bonds is 4. The van der Waals surface area contributed by atoms with Crippen LogP contribution in [0.3, 0.4) is 0 Å². The van der Waals surface area contributed by atoms with E-state index in [-0.39, 0.29) is 18.1 Å². The molecule has 0 radical (unpaired) electrons. The topological polar surface area (TPSA) is 68.3 Å². The van der Waals surface area contributed by atoms with E-state index < -0.39 is 5.97 Å². The SMILES string of the molecule is CCOC(=O)c1cc(Cl)ccc1NC(=O)c1cccnc1. The Balaban J connectivity index is 2.27. The van der Waals surface area contributed by atoms with E-state index in [1.165, 1.54) is 12.3 Å². The van der Waals surface area contributed by atoms with Gasteiger partial charge in [-0.05, 0) is 37.3 Å². The normalized spacial score (nSPS) is 10.0. The van der Waals surface area contributed by atoms with Gasteiger partial charge in [-0.2, -0.15) is 0 Å². The fourth-order valence-electron chi connectivity index (χ4n) is 1.69. The fraction of sp³-hybridized carbons (Fsp3) is 0.133. The van der Waals surface area contributed by atoms with E-state index in [0.717, 1.165) is 0 Å². The van der Waals surface area contributed by atoms with Gasteiger partial charge in [-0.1, -0.05) is 11.6 Å². The Kier molecular flexibility index (Phi) is 4.90. The molecule has 0 spiro atoms. The number of hydrogen-bond donors (Lipinski definition) is 1. The molecule has 0 atom stereocenters. The highest BCUT2D eigenvalue weighted by atomic mass is 35.5. The average Bonchev–Trinajstić information content (AvgIpc) is 2.50. The molecule has 21 heavy (non-hydrogen) atoms. The summed E-state index contributed by atoms with van der Waals surface area (Å²) in [5.41, 5.74) is 0.940. The number of anilines is 1. The second kappa shape index (κ2) is 6.85. The number of amides is 1. The summed E-state index contributed by atoms with van der Waals surface area (Å²) in [5.74, 6) is -0.905. The van der Waals surface area contributed by atoms with Gasteiger partial charge in [0.05, 0.1) is 23.4 Å². The van der Waals surface area contributed by atoms with Crippen molar-refractivity contribution in [2.24, 2.45) is 0 Å². The van der Waals surface area contributed by atoms with E-state index >= 15 is 0 Å². The number of pyridine rings is 1. The molecule has 1 aromatic carbocycles. The maximum absolute atomic E-state index is 12.1. The molecule has 2 rings (SSSR count). The van der Waals surface area contributed by atoms with Crippen molar-refractivity contribution in [3.8, 4) is 0 Å². The lowest BCUT2D eigenvalue weighted by Gasteiger charge is -2.10. The Morgan fingerprint density at radius 3 is 2.81 bits per heavy atom. The summed E-state index contributed by atoms with van der Waals surface area (Å²) in [5, 5.41) is 3.04. The van der Waals surface area contributed by atoms with Crippen LogP contribution in [0, 0.1) is 0 Å². The number of esters is 1. The first-order chi connectivity index (χ1) is 10.1. The molecule has 1 heterocycles. The fourth-order valence-corrected chi connectivity index (χ4v) is 1.87. The number of benzene rings is 1. The molecule has 0 saturated heterocycles. The molecule has 0 fully saturated rings. The van der Waals surface area contributed by atoms with E-state index in [1.807, 2.05) is 0 Å². The van der Waals surface area contributed by atoms with Gasteiger partial charge in [0.25, 0.3) is 5.91 Å². The third-order valence-corrected chi connectivity index (χ3v) is 2.88. The molecule has 1 N–H and O–H groups in total. The molecule has 6 heteroatoms. The summed E-state index contributed by atoms with van der Waals surface area (Å²) >= 11 is 5.88. The standard InChI is InChI=1S/C15H13ClN2O3/c1-2-21-15(20)12-8-11(16)5-6-13(12)18-14(19)10-4-3-7-17-9-10/h3-9H,2H2,1H3,(H,18,19). The molecule has 1 amide bonds. The van der Waals surface area contributed by atoms with Gasteiger partial charge in [0.2, 0.25) is 0 Å². The van der Waals surface area contributed by atoms with Gasteiger partial charge in [0.1, 0.15) is 0 Å². The predicted molar refractivity (Wildman–Crippen MR) is 79.6 cm³/mol. The second-order valence-corrected chi connectivity index (χ2v) is 4.54. The highest BCUT2D eigenvalue weighted by molar-refractivity contribution is 6.31. The molecule has 1 aromatic heterocycles.